The van der Waals surface area contributed by atoms with E-state index in [2.05, 4.69) is 32.2 Å². The molecular weight excluding hydrogens is 338 g/mol. The molecule has 1 heterocycles. The van der Waals surface area contributed by atoms with Crippen molar-refractivity contribution in [2.24, 2.45) is 0 Å². The lowest BCUT2D eigenvalue weighted by Crippen LogP contribution is -2.40. The number of urea groups is 1. The summed E-state index contributed by atoms with van der Waals surface area (Å²) in [6.07, 6.45) is 0. The van der Waals surface area contributed by atoms with Crippen LogP contribution in [0.15, 0.2) is 48.5 Å². The van der Waals surface area contributed by atoms with E-state index in [0.717, 1.165) is 11.1 Å². The Hall–Kier alpha value is -3.13. The van der Waals surface area contributed by atoms with Crippen LogP contribution in [0.25, 0.3) is 0 Å². The minimum atomic E-state index is -1.08. The van der Waals surface area contributed by atoms with E-state index >= 15 is 0 Å². The molecule has 0 bridgehead atoms. The second-order valence-corrected chi connectivity index (χ2v) is 8.08. The number of hydrogen-bond donors (Lipinski definition) is 1. The Bertz CT molecular complexity index is 918. The average molecular weight is 361 g/mol. The van der Waals surface area contributed by atoms with Gasteiger partial charge in [-0.2, -0.15) is 5.26 Å². The first-order chi connectivity index (χ1) is 12.6. The number of rotatable bonds is 3. The average Bonchev–Trinajstić information content (AvgIpc) is 2.86. The number of carbonyl (C=O) groups is 2. The van der Waals surface area contributed by atoms with E-state index in [1.54, 1.807) is 31.2 Å². The highest BCUT2D eigenvalue weighted by Gasteiger charge is 2.48. The first-order valence-electron chi connectivity index (χ1n) is 8.89. The van der Waals surface area contributed by atoms with Crippen molar-refractivity contribution >= 4 is 11.9 Å². The molecule has 2 aromatic carbocycles. The lowest BCUT2D eigenvalue weighted by atomic mass is 9.84. The lowest BCUT2D eigenvalue weighted by molar-refractivity contribution is -0.131. The largest absolute Gasteiger partial charge is 0.325 e. The summed E-state index contributed by atoms with van der Waals surface area (Å²) in [5.41, 5.74) is 2.20. The molecule has 1 aliphatic heterocycles. The molecule has 0 radical (unpaired) electrons. The molecule has 0 spiro atoms. The van der Waals surface area contributed by atoms with E-state index in [-0.39, 0.29) is 17.9 Å². The summed E-state index contributed by atoms with van der Waals surface area (Å²) in [5, 5.41) is 11.7. The van der Waals surface area contributed by atoms with Gasteiger partial charge in [0.2, 0.25) is 0 Å². The van der Waals surface area contributed by atoms with Crippen molar-refractivity contribution in [3.63, 3.8) is 0 Å². The van der Waals surface area contributed by atoms with Gasteiger partial charge in [0.1, 0.15) is 5.54 Å². The van der Waals surface area contributed by atoms with Crippen LogP contribution in [0, 0.1) is 11.3 Å². The summed E-state index contributed by atoms with van der Waals surface area (Å²) in [7, 11) is 0. The van der Waals surface area contributed by atoms with Crippen molar-refractivity contribution in [2.45, 2.75) is 45.2 Å². The van der Waals surface area contributed by atoms with Crippen molar-refractivity contribution in [3.8, 4) is 6.07 Å². The SMILES string of the molecule is CC(C)(C)c1ccc([C@@]2(C)NC(=O)N(Cc3ccc(C#N)cc3)C2=O)cc1. The third kappa shape index (κ3) is 3.43. The molecule has 2 aromatic rings. The monoisotopic (exact) mass is 361 g/mol. The zero-order chi connectivity index (χ0) is 19.8. The molecule has 0 unspecified atom stereocenters. The van der Waals surface area contributed by atoms with Crippen LogP contribution in [0.2, 0.25) is 0 Å². The number of carbonyl (C=O) groups excluding carboxylic acids is 2. The zero-order valence-corrected chi connectivity index (χ0v) is 16.0. The summed E-state index contributed by atoms with van der Waals surface area (Å²) in [5.74, 6) is -0.277. The third-order valence-electron chi connectivity index (χ3n) is 5.03. The standard InChI is InChI=1S/C22H23N3O2/c1-21(2,3)17-9-11-18(12-10-17)22(4)19(26)25(20(27)24-22)14-16-7-5-15(13-23)6-8-16/h5-12H,14H2,1-4H3,(H,24,27)/t22-/m1/s1. The number of nitrogens with one attached hydrogen (secondary N) is 1. The molecule has 138 valence electrons. The zero-order valence-electron chi connectivity index (χ0n) is 16.0. The quantitative estimate of drug-likeness (QED) is 0.845. The van der Waals surface area contributed by atoms with Crippen LogP contribution >= 0.6 is 0 Å². The molecule has 3 rings (SSSR count). The summed E-state index contributed by atoms with van der Waals surface area (Å²) in [6, 6.07) is 16.3. The van der Waals surface area contributed by atoms with Gasteiger partial charge in [0.15, 0.2) is 0 Å². The van der Waals surface area contributed by atoms with Gasteiger partial charge >= 0.3 is 6.03 Å². The molecule has 0 aromatic heterocycles. The van der Waals surface area contributed by atoms with Gasteiger partial charge in [-0.3, -0.25) is 9.69 Å². The summed E-state index contributed by atoms with van der Waals surface area (Å²) < 4.78 is 0. The molecular formula is C22H23N3O2. The summed E-state index contributed by atoms with van der Waals surface area (Å²) in [4.78, 5) is 26.7. The highest BCUT2D eigenvalue weighted by atomic mass is 16.2. The van der Waals surface area contributed by atoms with Crippen molar-refractivity contribution in [1.82, 2.24) is 10.2 Å². The first kappa shape index (κ1) is 18.7. The van der Waals surface area contributed by atoms with E-state index in [4.69, 9.17) is 5.26 Å². The molecule has 1 N–H and O–H groups in total. The van der Waals surface area contributed by atoms with Gasteiger partial charge in [-0.05, 0) is 41.2 Å². The fourth-order valence-corrected chi connectivity index (χ4v) is 3.21. The Morgan fingerprint density at radius 3 is 2.15 bits per heavy atom. The minimum absolute atomic E-state index is 0.0178. The number of hydrogen-bond acceptors (Lipinski definition) is 3. The molecule has 0 aliphatic carbocycles. The minimum Gasteiger partial charge on any atom is -0.319 e. The highest BCUT2D eigenvalue weighted by Crippen LogP contribution is 2.31. The maximum absolute atomic E-state index is 13.0. The van der Waals surface area contributed by atoms with Crippen LogP contribution in [-0.2, 0) is 22.3 Å². The van der Waals surface area contributed by atoms with E-state index in [1.165, 1.54) is 10.5 Å². The Morgan fingerprint density at radius 2 is 1.63 bits per heavy atom. The second kappa shape index (κ2) is 6.55. The van der Waals surface area contributed by atoms with Gasteiger partial charge in [0.25, 0.3) is 5.91 Å². The van der Waals surface area contributed by atoms with Gasteiger partial charge in [0, 0.05) is 0 Å². The van der Waals surface area contributed by atoms with E-state index < -0.39 is 11.6 Å². The predicted octanol–water partition coefficient (Wildman–Crippen LogP) is 3.82. The molecule has 1 atom stereocenters. The maximum atomic E-state index is 13.0. The summed E-state index contributed by atoms with van der Waals surface area (Å²) >= 11 is 0. The summed E-state index contributed by atoms with van der Waals surface area (Å²) in [6.45, 7) is 8.30. The van der Waals surface area contributed by atoms with E-state index in [0.29, 0.717) is 5.56 Å². The molecule has 1 saturated heterocycles. The number of amides is 3. The van der Waals surface area contributed by atoms with Gasteiger partial charge in [-0.25, -0.2) is 4.79 Å². The third-order valence-corrected chi connectivity index (χ3v) is 5.03. The van der Waals surface area contributed by atoms with E-state index in [9.17, 15) is 9.59 Å². The van der Waals surface area contributed by atoms with Crippen LogP contribution in [0.4, 0.5) is 4.79 Å². The molecule has 5 heteroatoms. The van der Waals surface area contributed by atoms with Crippen LogP contribution in [-0.4, -0.2) is 16.8 Å². The Kier molecular flexibility index (Phi) is 4.52. The molecule has 1 aliphatic rings. The number of benzene rings is 2. The topological polar surface area (TPSA) is 73.2 Å². The van der Waals surface area contributed by atoms with Gasteiger partial charge < -0.3 is 5.32 Å². The molecule has 27 heavy (non-hydrogen) atoms. The van der Waals surface area contributed by atoms with Crippen LogP contribution in [0.3, 0.4) is 0 Å². The highest BCUT2D eigenvalue weighted by molar-refractivity contribution is 6.07. The fraction of sp³-hybridized carbons (Fsp3) is 0.318. The van der Waals surface area contributed by atoms with Gasteiger partial charge in [-0.15, -0.1) is 0 Å². The Labute approximate surface area is 159 Å². The number of nitriles is 1. The molecule has 3 amide bonds. The predicted molar refractivity (Wildman–Crippen MR) is 103 cm³/mol. The van der Waals surface area contributed by atoms with Crippen molar-refractivity contribution < 1.29 is 9.59 Å². The molecule has 0 saturated carbocycles. The Morgan fingerprint density at radius 1 is 1.04 bits per heavy atom. The lowest BCUT2D eigenvalue weighted by Gasteiger charge is -2.24. The Balaban J connectivity index is 1.84. The normalized spacial score (nSPS) is 19.7. The first-order valence-corrected chi connectivity index (χ1v) is 8.89. The van der Waals surface area contributed by atoms with Crippen LogP contribution in [0.1, 0.15) is 49.9 Å². The number of nitrogens with zero attached hydrogens (tertiary/aromatic N) is 2. The van der Waals surface area contributed by atoms with Crippen LogP contribution < -0.4 is 5.32 Å². The molecule has 1 fully saturated rings. The van der Waals surface area contributed by atoms with Gasteiger partial charge in [-0.1, -0.05) is 57.2 Å². The maximum Gasteiger partial charge on any atom is 0.325 e. The van der Waals surface area contributed by atoms with Crippen molar-refractivity contribution in [1.29, 1.82) is 5.26 Å². The van der Waals surface area contributed by atoms with E-state index in [1.807, 2.05) is 24.3 Å². The smallest absolute Gasteiger partial charge is 0.319 e. The fourth-order valence-electron chi connectivity index (χ4n) is 3.21. The van der Waals surface area contributed by atoms with Gasteiger partial charge in [0.05, 0.1) is 18.2 Å². The van der Waals surface area contributed by atoms with Crippen molar-refractivity contribution in [3.05, 3.63) is 70.8 Å². The van der Waals surface area contributed by atoms with Crippen molar-refractivity contribution in [2.75, 3.05) is 0 Å². The molecule has 5 nitrogen and oxygen atoms in total. The second-order valence-electron chi connectivity index (χ2n) is 8.08. The van der Waals surface area contributed by atoms with Crippen LogP contribution in [0.5, 0.6) is 0 Å². The number of imide groups is 1.